The zero-order valence-electron chi connectivity index (χ0n) is 11.2. The van der Waals surface area contributed by atoms with Crippen molar-refractivity contribution in [1.82, 2.24) is 25.7 Å². The molecule has 0 saturated heterocycles. The van der Waals surface area contributed by atoms with Crippen LogP contribution < -0.4 is 5.32 Å². The van der Waals surface area contributed by atoms with E-state index in [4.69, 9.17) is 5.11 Å². The lowest BCUT2D eigenvalue weighted by atomic mass is 10.0. The quantitative estimate of drug-likeness (QED) is 0.899. The molecule has 2 rings (SSSR count). The Morgan fingerprint density at radius 3 is 2.41 bits per heavy atom. The molecule has 1 aromatic carbocycles. The Bertz CT molecular complexity index is 688. The number of aromatic nitrogens is 4. The Labute approximate surface area is 122 Å². The summed E-state index contributed by atoms with van der Waals surface area (Å²) in [6.07, 6.45) is -6.02. The number of carboxylic acid groups (broad SMARTS) is 1. The summed E-state index contributed by atoms with van der Waals surface area (Å²) in [6, 6.07) is 3.19. The van der Waals surface area contributed by atoms with Crippen LogP contribution >= 0.6 is 0 Å². The third-order valence-electron chi connectivity index (χ3n) is 2.68. The highest BCUT2D eigenvalue weighted by Gasteiger charge is 2.33. The summed E-state index contributed by atoms with van der Waals surface area (Å²) in [4.78, 5) is 10.5. The van der Waals surface area contributed by atoms with Gasteiger partial charge in [0, 0.05) is 12.1 Å². The number of carbonyl (C=O) groups is 1. The summed E-state index contributed by atoms with van der Waals surface area (Å²) in [5.74, 6) is 0.374. The highest BCUT2D eigenvalue weighted by atomic mass is 19.4. The minimum atomic E-state index is -4.60. The number of hydrogen-bond donors (Lipinski definition) is 2. The number of rotatable bonds is 3. The topological polar surface area (TPSA) is 101 Å². The van der Waals surface area contributed by atoms with E-state index in [2.05, 4.69) is 20.4 Å². The molecule has 0 aliphatic carbocycles. The maximum atomic E-state index is 12.9. The van der Waals surface area contributed by atoms with Crippen molar-refractivity contribution in [2.24, 2.45) is 0 Å². The second-order valence-electron chi connectivity index (χ2n) is 4.30. The van der Waals surface area contributed by atoms with Crippen molar-refractivity contribution < 1.29 is 23.1 Å². The first kappa shape index (κ1) is 15.6. The molecule has 1 heterocycles. The van der Waals surface area contributed by atoms with E-state index in [1.54, 1.807) is 6.92 Å². The summed E-state index contributed by atoms with van der Waals surface area (Å²) < 4.78 is 38.8. The molecule has 7 nitrogen and oxygen atoms in total. The number of hydrogen-bond acceptors (Lipinski definition) is 5. The summed E-state index contributed by atoms with van der Waals surface area (Å²) in [5.41, 5.74) is -0.912. The van der Waals surface area contributed by atoms with E-state index in [0.29, 0.717) is 5.82 Å². The molecule has 116 valence electrons. The third kappa shape index (κ3) is 3.65. The first-order valence-electron chi connectivity index (χ1n) is 5.98. The van der Waals surface area contributed by atoms with Gasteiger partial charge in [0.05, 0.1) is 5.56 Å². The van der Waals surface area contributed by atoms with E-state index in [0.717, 1.165) is 12.1 Å². The van der Waals surface area contributed by atoms with Gasteiger partial charge < -0.3 is 10.4 Å². The number of nitrogens with zero attached hydrogens (tertiary/aromatic N) is 4. The molecule has 2 N–H and O–H groups in total. The molecule has 22 heavy (non-hydrogen) atoms. The lowest BCUT2D eigenvalue weighted by Crippen LogP contribution is -2.22. The number of alkyl halides is 3. The van der Waals surface area contributed by atoms with Crippen LogP contribution in [0.4, 0.5) is 18.0 Å². The van der Waals surface area contributed by atoms with Crippen LogP contribution in [0, 0.1) is 6.92 Å². The average molecular weight is 313 g/mol. The molecule has 0 aliphatic heterocycles. The minimum absolute atomic E-state index is 0.0518. The SMILES string of the molecule is Cc1nnc(-c2ccc(C(F)(F)F)c(CNC(=O)O)c2)nn1. The first-order valence-corrected chi connectivity index (χ1v) is 5.98. The van der Waals surface area contributed by atoms with Gasteiger partial charge in [0.1, 0.15) is 0 Å². The monoisotopic (exact) mass is 313 g/mol. The van der Waals surface area contributed by atoms with Crippen LogP contribution in [0.15, 0.2) is 18.2 Å². The summed E-state index contributed by atoms with van der Waals surface area (Å²) in [7, 11) is 0. The molecule has 10 heteroatoms. The fourth-order valence-electron chi connectivity index (χ4n) is 1.72. The second-order valence-corrected chi connectivity index (χ2v) is 4.30. The maximum Gasteiger partial charge on any atom is 0.416 e. The standard InChI is InChI=1S/C12H10F3N5O2/c1-6-17-19-10(20-18-6)7-2-3-9(12(13,14)15)8(4-7)5-16-11(21)22/h2-4,16H,5H2,1H3,(H,21,22). The zero-order chi connectivity index (χ0) is 16.3. The van der Waals surface area contributed by atoms with E-state index < -0.39 is 24.4 Å². The molecule has 0 atom stereocenters. The highest BCUT2D eigenvalue weighted by Crippen LogP contribution is 2.33. The lowest BCUT2D eigenvalue weighted by molar-refractivity contribution is -0.138. The van der Waals surface area contributed by atoms with Gasteiger partial charge in [0.2, 0.25) is 5.82 Å². The summed E-state index contributed by atoms with van der Waals surface area (Å²) >= 11 is 0. The largest absolute Gasteiger partial charge is 0.465 e. The Morgan fingerprint density at radius 1 is 1.23 bits per heavy atom. The van der Waals surface area contributed by atoms with Crippen molar-refractivity contribution in [2.45, 2.75) is 19.6 Å². The van der Waals surface area contributed by atoms with Crippen LogP contribution in [0.5, 0.6) is 0 Å². The van der Waals surface area contributed by atoms with Gasteiger partial charge in [-0.05, 0) is 24.6 Å². The molecule has 2 aromatic rings. The van der Waals surface area contributed by atoms with Crippen molar-refractivity contribution in [3.05, 3.63) is 35.2 Å². The second kappa shape index (κ2) is 5.92. The van der Waals surface area contributed by atoms with Crippen LogP contribution in [-0.4, -0.2) is 31.6 Å². The molecule has 0 fully saturated rings. The normalized spacial score (nSPS) is 11.3. The zero-order valence-corrected chi connectivity index (χ0v) is 11.2. The van der Waals surface area contributed by atoms with E-state index >= 15 is 0 Å². The Morgan fingerprint density at radius 2 is 1.86 bits per heavy atom. The number of amides is 1. The first-order chi connectivity index (χ1) is 10.3. The van der Waals surface area contributed by atoms with E-state index in [1.807, 2.05) is 5.32 Å². The van der Waals surface area contributed by atoms with Crippen LogP contribution in [0.2, 0.25) is 0 Å². The molecule has 1 amide bonds. The number of nitrogens with one attached hydrogen (secondary N) is 1. The van der Waals surface area contributed by atoms with Gasteiger partial charge in [-0.15, -0.1) is 20.4 Å². The summed E-state index contributed by atoms with van der Waals surface area (Å²) in [6.45, 7) is 1.07. The van der Waals surface area contributed by atoms with Crippen LogP contribution in [0.3, 0.4) is 0 Å². The van der Waals surface area contributed by atoms with E-state index in [1.165, 1.54) is 6.07 Å². The third-order valence-corrected chi connectivity index (χ3v) is 2.68. The van der Waals surface area contributed by atoms with Gasteiger partial charge in [-0.25, -0.2) is 4.79 Å². The predicted molar refractivity (Wildman–Crippen MR) is 67.7 cm³/mol. The summed E-state index contributed by atoms with van der Waals surface area (Å²) in [5, 5.41) is 25.3. The molecular formula is C12H10F3N5O2. The van der Waals surface area contributed by atoms with Gasteiger partial charge in [-0.3, -0.25) is 0 Å². The number of benzene rings is 1. The minimum Gasteiger partial charge on any atom is -0.465 e. The van der Waals surface area contributed by atoms with Crippen LogP contribution in [-0.2, 0) is 12.7 Å². The van der Waals surface area contributed by atoms with Crippen molar-refractivity contribution in [2.75, 3.05) is 0 Å². The van der Waals surface area contributed by atoms with Crippen LogP contribution in [0.1, 0.15) is 17.0 Å². The maximum absolute atomic E-state index is 12.9. The fraction of sp³-hybridized carbons (Fsp3) is 0.250. The molecule has 0 aliphatic rings. The highest BCUT2D eigenvalue weighted by molar-refractivity contribution is 5.65. The molecular weight excluding hydrogens is 303 g/mol. The van der Waals surface area contributed by atoms with Crippen molar-refractivity contribution in [3.63, 3.8) is 0 Å². The predicted octanol–water partition coefficient (Wildman–Crippen LogP) is 2.03. The molecule has 0 bridgehead atoms. The van der Waals surface area contributed by atoms with Gasteiger partial charge in [-0.2, -0.15) is 13.2 Å². The Hall–Kier alpha value is -2.78. The van der Waals surface area contributed by atoms with Gasteiger partial charge in [-0.1, -0.05) is 6.07 Å². The molecule has 0 saturated carbocycles. The van der Waals surface area contributed by atoms with Crippen LogP contribution in [0.25, 0.3) is 11.4 Å². The van der Waals surface area contributed by atoms with E-state index in [-0.39, 0.29) is 17.0 Å². The van der Waals surface area contributed by atoms with Crippen molar-refractivity contribution >= 4 is 6.09 Å². The Kier molecular flexibility index (Phi) is 4.20. The smallest absolute Gasteiger partial charge is 0.416 e. The fourth-order valence-corrected chi connectivity index (χ4v) is 1.72. The van der Waals surface area contributed by atoms with E-state index in [9.17, 15) is 18.0 Å². The molecule has 0 unspecified atom stereocenters. The molecule has 1 aromatic heterocycles. The number of halogens is 3. The van der Waals surface area contributed by atoms with Gasteiger partial charge >= 0.3 is 12.3 Å². The lowest BCUT2D eigenvalue weighted by Gasteiger charge is -2.13. The van der Waals surface area contributed by atoms with Crippen molar-refractivity contribution in [3.8, 4) is 11.4 Å². The van der Waals surface area contributed by atoms with Gasteiger partial charge in [0.25, 0.3) is 0 Å². The Balaban J connectivity index is 2.43. The van der Waals surface area contributed by atoms with Gasteiger partial charge in [0.15, 0.2) is 5.82 Å². The average Bonchev–Trinajstić information content (AvgIpc) is 2.44. The van der Waals surface area contributed by atoms with Crippen molar-refractivity contribution in [1.29, 1.82) is 0 Å². The molecule has 0 radical (unpaired) electrons. The molecule has 0 spiro atoms. The number of aryl methyl sites for hydroxylation is 1.